The summed E-state index contributed by atoms with van der Waals surface area (Å²) in [4.78, 5) is 10.6. The van der Waals surface area contributed by atoms with Crippen LogP contribution >= 0.6 is 11.8 Å². The van der Waals surface area contributed by atoms with Gasteiger partial charge in [0.25, 0.3) is 0 Å². The van der Waals surface area contributed by atoms with E-state index in [-0.39, 0.29) is 5.41 Å². The first-order valence-corrected chi connectivity index (χ1v) is 9.01. The first kappa shape index (κ1) is 22.2. The van der Waals surface area contributed by atoms with Gasteiger partial charge in [-0.2, -0.15) is 11.8 Å². The molecule has 0 unspecified atom stereocenters. The molecule has 0 bridgehead atoms. The third-order valence-corrected chi connectivity index (χ3v) is 3.38. The maximum atomic E-state index is 10.6. The molecule has 1 aliphatic carbocycles. The molecule has 0 spiro atoms. The maximum absolute atomic E-state index is 10.6. The molecule has 0 aromatic heterocycles. The number of thioether (sulfide) groups is 1. The number of rotatable bonds is 7. The molecule has 20 heavy (non-hydrogen) atoms. The number of carbonyl (C=O) groups is 1. The third kappa shape index (κ3) is 14.4. The quantitative estimate of drug-likeness (QED) is 0.522. The van der Waals surface area contributed by atoms with Crippen molar-refractivity contribution in [2.24, 2.45) is 5.41 Å². The molecule has 0 atom stereocenters. The normalized spacial score (nSPS) is 14.9. The maximum Gasteiger partial charge on any atom is 0.127 e. The monoisotopic (exact) mass is 306 g/mol. The Balaban J connectivity index is 0. The van der Waals surface area contributed by atoms with E-state index in [0.29, 0.717) is 12.7 Å². The van der Waals surface area contributed by atoms with E-state index in [4.69, 9.17) is 9.47 Å². The van der Waals surface area contributed by atoms with E-state index in [1.54, 1.807) is 18.9 Å². The van der Waals surface area contributed by atoms with E-state index in [1.807, 2.05) is 27.7 Å². The molecule has 0 heterocycles. The lowest BCUT2D eigenvalue weighted by molar-refractivity contribution is -0.118. The number of ether oxygens (including phenoxy) is 2. The first-order valence-electron chi connectivity index (χ1n) is 7.61. The molecule has 3 nitrogen and oxygen atoms in total. The van der Waals surface area contributed by atoms with Gasteiger partial charge >= 0.3 is 0 Å². The lowest BCUT2D eigenvalue weighted by atomic mass is 9.97. The van der Waals surface area contributed by atoms with E-state index in [1.165, 1.54) is 25.7 Å². The fourth-order valence-corrected chi connectivity index (χ4v) is 1.92. The summed E-state index contributed by atoms with van der Waals surface area (Å²) >= 11 is 1.80. The predicted molar refractivity (Wildman–Crippen MR) is 89.7 cm³/mol. The van der Waals surface area contributed by atoms with Crippen LogP contribution in [0.2, 0.25) is 0 Å². The molecular weight excluding hydrogens is 272 g/mol. The van der Waals surface area contributed by atoms with Crippen molar-refractivity contribution in [3.05, 3.63) is 0 Å². The minimum atomic E-state index is -0.303. The summed E-state index contributed by atoms with van der Waals surface area (Å²) in [7, 11) is 1.72. The van der Waals surface area contributed by atoms with Crippen LogP contribution in [0.5, 0.6) is 0 Å². The van der Waals surface area contributed by atoms with Gasteiger partial charge < -0.3 is 14.3 Å². The molecule has 1 fully saturated rings. The highest BCUT2D eigenvalue weighted by Crippen LogP contribution is 2.23. The zero-order valence-corrected chi connectivity index (χ0v) is 15.1. The fourth-order valence-electron chi connectivity index (χ4n) is 1.59. The second kappa shape index (κ2) is 15.3. The average Bonchev–Trinajstić information content (AvgIpc) is 2.99. The summed E-state index contributed by atoms with van der Waals surface area (Å²) in [6.07, 6.45) is 8.38. The van der Waals surface area contributed by atoms with Crippen LogP contribution in [0.25, 0.3) is 0 Å². The Morgan fingerprint density at radius 2 is 1.80 bits per heavy atom. The number of hydrogen-bond acceptors (Lipinski definition) is 4. The summed E-state index contributed by atoms with van der Waals surface area (Å²) in [5, 5.41) is 0. The van der Waals surface area contributed by atoms with Gasteiger partial charge in [0, 0.05) is 18.3 Å². The molecule has 1 saturated carbocycles. The van der Waals surface area contributed by atoms with Crippen LogP contribution < -0.4 is 0 Å². The Labute approximate surface area is 130 Å². The smallest absolute Gasteiger partial charge is 0.127 e. The van der Waals surface area contributed by atoms with Gasteiger partial charge in [-0.1, -0.05) is 40.5 Å². The molecule has 1 aliphatic rings. The average molecular weight is 307 g/mol. The highest BCUT2D eigenvalue weighted by atomic mass is 32.2. The van der Waals surface area contributed by atoms with E-state index in [2.05, 4.69) is 6.26 Å². The van der Waals surface area contributed by atoms with E-state index in [0.717, 1.165) is 18.6 Å². The molecule has 4 heteroatoms. The van der Waals surface area contributed by atoms with Gasteiger partial charge in [-0.3, -0.25) is 0 Å². The van der Waals surface area contributed by atoms with Crippen molar-refractivity contribution in [2.45, 2.75) is 59.5 Å². The molecular formula is C16H34O3S. The van der Waals surface area contributed by atoms with Crippen molar-refractivity contribution in [3.8, 4) is 0 Å². The van der Waals surface area contributed by atoms with E-state index in [9.17, 15) is 4.79 Å². The lowest BCUT2D eigenvalue weighted by Crippen LogP contribution is -2.24. The van der Waals surface area contributed by atoms with Crippen molar-refractivity contribution in [1.82, 2.24) is 0 Å². The highest BCUT2D eigenvalue weighted by Gasteiger charge is 2.21. The lowest BCUT2D eigenvalue weighted by Gasteiger charge is -2.19. The molecule has 0 aromatic rings. The van der Waals surface area contributed by atoms with Crippen molar-refractivity contribution in [3.63, 3.8) is 0 Å². The molecule has 0 aliphatic heterocycles. The molecule has 0 aromatic carbocycles. The van der Waals surface area contributed by atoms with Crippen LogP contribution in [-0.2, 0) is 14.3 Å². The van der Waals surface area contributed by atoms with Crippen molar-refractivity contribution < 1.29 is 14.3 Å². The zero-order valence-electron chi connectivity index (χ0n) is 14.2. The Morgan fingerprint density at radius 1 is 1.25 bits per heavy atom. The third-order valence-electron chi connectivity index (χ3n) is 2.80. The zero-order chi connectivity index (χ0) is 15.9. The van der Waals surface area contributed by atoms with Gasteiger partial charge in [0.2, 0.25) is 0 Å². The van der Waals surface area contributed by atoms with Gasteiger partial charge in [0.15, 0.2) is 0 Å². The Kier molecular flexibility index (Phi) is 17.0. The second-order valence-corrected chi connectivity index (χ2v) is 6.30. The van der Waals surface area contributed by atoms with Gasteiger partial charge in [-0.05, 0) is 19.1 Å². The fraction of sp³-hybridized carbons (Fsp3) is 0.938. The van der Waals surface area contributed by atoms with Crippen LogP contribution in [0.15, 0.2) is 0 Å². The summed E-state index contributed by atoms with van der Waals surface area (Å²) in [6.45, 7) is 9.27. The van der Waals surface area contributed by atoms with Gasteiger partial charge in [-0.15, -0.1) is 0 Å². The van der Waals surface area contributed by atoms with Crippen LogP contribution in [0.1, 0.15) is 53.4 Å². The first-order chi connectivity index (χ1) is 9.55. The highest BCUT2D eigenvalue weighted by molar-refractivity contribution is 7.98. The molecule has 1 rings (SSSR count). The van der Waals surface area contributed by atoms with Gasteiger partial charge in [0.1, 0.15) is 6.29 Å². The number of aldehydes is 1. The Morgan fingerprint density at radius 3 is 2.15 bits per heavy atom. The van der Waals surface area contributed by atoms with Crippen molar-refractivity contribution in [1.29, 1.82) is 0 Å². The van der Waals surface area contributed by atoms with Crippen LogP contribution in [-0.4, -0.2) is 44.7 Å². The van der Waals surface area contributed by atoms with Gasteiger partial charge in [-0.25, -0.2) is 0 Å². The SMILES string of the molecule is CC.CC(C)(C=O)COC1CCCC1.COCCSC. The van der Waals surface area contributed by atoms with E-state index < -0.39 is 0 Å². The van der Waals surface area contributed by atoms with Crippen LogP contribution in [0, 0.1) is 5.41 Å². The minimum Gasteiger partial charge on any atom is -0.384 e. The van der Waals surface area contributed by atoms with Crippen molar-refractivity contribution >= 4 is 18.0 Å². The molecule has 0 amide bonds. The summed E-state index contributed by atoms with van der Waals surface area (Å²) < 4.78 is 10.4. The molecule has 0 radical (unpaired) electrons. The summed E-state index contributed by atoms with van der Waals surface area (Å²) in [5.74, 6) is 1.11. The van der Waals surface area contributed by atoms with E-state index >= 15 is 0 Å². The predicted octanol–water partition coefficient (Wildman–Crippen LogP) is 4.19. The summed E-state index contributed by atoms with van der Waals surface area (Å²) in [6, 6.07) is 0. The molecule has 122 valence electrons. The number of carbonyl (C=O) groups excluding carboxylic acids is 1. The minimum absolute atomic E-state index is 0.303. The topological polar surface area (TPSA) is 35.5 Å². The van der Waals surface area contributed by atoms with Gasteiger partial charge in [0.05, 0.1) is 19.3 Å². The molecule has 0 saturated heterocycles. The Hall–Kier alpha value is -0.0600. The van der Waals surface area contributed by atoms with Crippen LogP contribution in [0.3, 0.4) is 0 Å². The van der Waals surface area contributed by atoms with Crippen molar-refractivity contribution in [2.75, 3.05) is 32.3 Å². The number of methoxy groups -OCH3 is 1. The molecule has 0 N–H and O–H groups in total. The standard InChI is InChI=1S/C10H18O2.C4H10OS.C2H6/c1-10(2,7-11)8-12-9-5-3-4-6-9;1-5-3-4-6-2;1-2/h7,9H,3-6,8H2,1-2H3;3-4H2,1-2H3;1-2H3. The largest absolute Gasteiger partial charge is 0.384 e. The Bertz CT molecular complexity index is 198. The number of hydrogen-bond donors (Lipinski definition) is 0. The van der Waals surface area contributed by atoms with Crippen LogP contribution in [0.4, 0.5) is 0 Å². The summed E-state index contributed by atoms with van der Waals surface area (Å²) in [5.41, 5.74) is -0.303. The second-order valence-electron chi connectivity index (χ2n) is 5.31.